The molecule has 106 valence electrons. The summed E-state index contributed by atoms with van der Waals surface area (Å²) < 4.78 is 26.2. The molecule has 1 aliphatic heterocycles. The number of hydrogen-bond acceptors (Lipinski definition) is 3. The minimum Gasteiger partial charge on any atom is -0.317 e. The van der Waals surface area contributed by atoms with E-state index >= 15 is 0 Å². The molecule has 2 bridgehead atoms. The molecule has 0 aromatic rings. The number of nitrogens with zero attached hydrogens (tertiary/aromatic N) is 1. The van der Waals surface area contributed by atoms with Gasteiger partial charge in [0.25, 0.3) is 0 Å². The summed E-state index contributed by atoms with van der Waals surface area (Å²) in [5.41, 5.74) is 0. The Hall–Kier alpha value is -0.130. The first-order valence-electron chi connectivity index (χ1n) is 7.33. The van der Waals surface area contributed by atoms with E-state index in [9.17, 15) is 8.42 Å². The van der Waals surface area contributed by atoms with Gasteiger partial charge in [0, 0.05) is 12.6 Å². The molecule has 1 saturated carbocycles. The number of nitrogens with one attached hydrogen (secondary N) is 1. The summed E-state index contributed by atoms with van der Waals surface area (Å²) in [7, 11) is -2.98. The summed E-state index contributed by atoms with van der Waals surface area (Å²) in [4.78, 5) is 0. The fourth-order valence-electron chi connectivity index (χ4n) is 3.17. The van der Waals surface area contributed by atoms with E-state index in [0.717, 1.165) is 51.7 Å². The van der Waals surface area contributed by atoms with E-state index < -0.39 is 10.0 Å². The highest BCUT2D eigenvalue weighted by Crippen LogP contribution is 2.39. The van der Waals surface area contributed by atoms with E-state index in [0.29, 0.717) is 17.7 Å². The van der Waals surface area contributed by atoms with E-state index in [1.165, 1.54) is 6.42 Å². The van der Waals surface area contributed by atoms with Crippen molar-refractivity contribution in [2.75, 3.05) is 25.4 Å². The van der Waals surface area contributed by atoms with Crippen molar-refractivity contribution in [1.29, 1.82) is 0 Å². The van der Waals surface area contributed by atoms with Gasteiger partial charge in [0.1, 0.15) is 0 Å². The monoisotopic (exact) mass is 274 g/mol. The van der Waals surface area contributed by atoms with E-state index in [4.69, 9.17) is 0 Å². The molecule has 1 saturated heterocycles. The normalized spacial score (nSPS) is 28.1. The summed E-state index contributed by atoms with van der Waals surface area (Å²) in [6.45, 7) is 4.90. The average molecular weight is 274 g/mol. The van der Waals surface area contributed by atoms with Crippen molar-refractivity contribution in [2.45, 2.75) is 51.5 Å². The highest BCUT2D eigenvalue weighted by Gasteiger charge is 2.43. The van der Waals surface area contributed by atoms with Gasteiger partial charge >= 0.3 is 0 Å². The highest BCUT2D eigenvalue weighted by atomic mass is 32.2. The fraction of sp³-hybridized carbons (Fsp3) is 1.00. The Labute approximate surface area is 111 Å². The van der Waals surface area contributed by atoms with Crippen LogP contribution < -0.4 is 5.32 Å². The molecule has 2 aliphatic rings. The smallest absolute Gasteiger partial charge is 0.214 e. The van der Waals surface area contributed by atoms with Crippen LogP contribution in [0.15, 0.2) is 0 Å². The van der Waals surface area contributed by atoms with Gasteiger partial charge in [-0.25, -0.2) is 8.42 Å². The zero-order valence-corrected chi connectivity index (χ0v) is 12.2. The molecule has 0 amide bonds. The van der Waals surface area contributed by atoms with Crippen LogP contribution in [0.2, 0.25) is 0 Å². The largest absolute Gasteiger partial charge is 0.317 e. The third-order valence-corrected chi connectivity index (χ3v) is 6.12. The first-order valence-corrected chi connectivity index (χ1v) is 8.94. The highest BCUT2D eigenvalue weighted by molar-refractivity contribution is 7.89. The molecule has 2 unspecified atom stereocenters. The maximum absolute atomic E-state index is 12.2. The summed E-state index contributed by atoms with van der Waals surface area (Å²) in [5.74, 6) is 0.986. The number of piperidine rings is 1. The second kappa shape index (κ2) is 6.35. The van der Waals surface area contributed by atoms with Gasteiger partial charge in [0.2, 0.25) is 10.0 Å². The Balaban J connectivity index is 1.68. The van der Waals surface area contributed by atoms with Gasteiger partial charge in [-0.15, -0.1) is 0 Å². The first-order chi connectivity index (χ1) is 8.63. The van der Waals surface area contributed by atoms with Crippen LogP contribution in [0, 0.1) is 5.92 Å². The van der Waals surface area contributed by atoms with Gasteiger partial charge in [-0.3, -0.25) is 0 Å². The zero-order chi connectivity index (χ0) is 13.0. The van der Waals surface area contributed by atoms with Gasteiger partial charge in [-0.2, -0.15) is 4.31 Å². The minimum absolute atomic E-state index is 0.332. The molecule has 0 aromatic carbocycles. The molecule has 1 aliphatic carbocycles. The van der Waals surface area contributed by atoms with Crippen LogP contribution in [0.4, 0.5) is 0 Å². The van der Waals surface area contributed by atoms with Crippen molar-refractivity contribution in [3.8, 4) is 0 Å². The fourth-order valence-corrected chi connectivity index (χ4v) is 5.06. The standard InChI is InChI=1S/C13H26N2O2S/c1-2-7-14-8-3-4-9-18(16,17)15-11-12-5-6-13(15)10-12/h12-14H,2-11H2,1H3. The molecule has 0 radical (unpaired) electrons. The molecule has 2 atom stereocenters. The molecule has 2 fully saturated rings. The summed E-state index contributed by atoms with van der Waals surface area (Å²) in [6, 6.07) is 0.332. The van der Waals surface area contributed by atoms with E-state index in [1.807, 2.05) is 0 Å². The van der Waals surface area contributed by atoms with Crippen molar-refractivity contribution >= 4 is 10.0 Å². The van der Waals surface area contributed by atoms with Gasteiger partial charge in [0.15, 0.2) is 0 Å². The van der Waals surface area contributed by atoms with E-state index in [2.05, 4.69) is 12.2 Å². The van der Waals surface area contributed by atoms with Crippen molar-refractivity contribution in [2.24, 2.45) is 5.92 Å². The molecule has 1 heterocycles. The maximum Gasteiger partial charge on any atom is 0.214 e. The van der Waals surface area contributed by atoms with Crippen molar-refractivity contribution in [1.82, 2.24) is 9.62 Å². The predicted molar refractivity (Wildman–Crippen MR) is 74.0 cm³/mol. The van der Waals surface area contributed by atoms with Crippen molar-refractivity contribution in [3.05, 3.63) is 0 Å². The zero-order valence-electron chi connectivity index (χ0n) is 11.4. The quantitative estimate of drug-likeness (QED) is 0.684. The molecule has 0 spiro atoms. The van der Waals surface area contributed by atoms with Crippen LogP contribution in [0.25, 0.3) is 0 Å². The van der Waals surface area contributed by atoms with Gasteiger partial charge in [-0.1, -0.05) is 6.92 Å². The first kappa shape index (κ1) is 14.3. The second-order valence-corrected chi connectivity index (χ2v) is 7.72. The number of unbranched alkanes of at least 4 members (excludes halogenated alkanes) is 1. The van der Waals surface area contributed by atoms with Crippen LogP contribution in [0.3, 0.4) is 0 Å². The molecular weight excluding hydrogens is 248 g/mol. The number of fused-ring (bicyclic) bond motifs is 2. The lowest BCUT2D eigenvalue weighted by molar-refractivity contribution is 0.333. The Morgan fingerprint density at radius 3 is 2.67 bits per heavy atom. The average Bonchev–Trinajstić information content (AvgIpc) is 2.96. The van der Waals surface area contributed by atoms with Gasteiger partial charge < -0.3 is 5.32 Å². The van der Waals surface area contributed by atoms with Crippen LogP contribution in [-0.2, 0) is 10.0 Å². The van der Waals surface area contributed by atoms with Crippen LogP contribution in [-0.4, -0.2) is 44.2 Å². The van der Waals surface area contributed by atoms with E-state index in [1.54, 1.807) is 4.31 Å². The van der Waals surface area contributed by atoms with Crippen LogP contribution in [0.5, 0.6) is 0 Å². The Morgan fingerprint density at radius 1 is 1.22 bits per heavy atom. The number of sulfonamides is 1. The maximum atomic E-state index is 12.2. The van der Waals surface area contributed by atoms with Gasteiger partial charge in [-0.05, 0) is 57.5 Å². The van der Waals surface area contributed by atoms with Crippen LogP contribution in [0.1, 0.15) is 45.4 Å². The number of rotatable bonds is 8. The summed E-state index contributed by atoms with van der Waals surface area (Å²) in [6.07, 6.45) is 6.31. The Bertz CT molecular complexity index is 356. The SMILES string of the molecule is CCCNCCCCS(=O)(=O)N1CC2CCC1C2. The predicted octanol–water partition coefficient (Wildman–Crippen LogP) is 1.58. The lowest BCUT2D eigenvalue weighted by Gasteiger charge is -2.26. The summed E-state index contributed by atoms with van der Waals surface area (Å²) >= 11 is 0. The molecule has 18 heavy (non-hydrogen) atoms. The lowest BCUT2D eigenvalue weighted by atomic mass is 10.1. The molecule has 4 nitrogen and oxygen atoms in total. The van der Waals surface area contributed by atoms with Crippen LogP contribution >= 0.6 is 0 Å². The molecular formula is C13H26N2O2S. The van der Waals surface area contributed by atoms with Crippen molar-refractivity contribution in [3.63, 3.8) is 0 Å². The van der Waals surface area contributed by atoms with Gasteiger partial charge in [0.05, 0.1) is 5.75 Å². The third kappa shape index (κ3) is 3.45. The third-order valence-electron chi connectivity index (χ3n) is 4.15. The number of hydrogen-bond donors (Lipinski definition) is 1. The Morgan fingerprint density at radius 2 is 2.06 bits per heavy atom. The minimum atomic E-state index is -2.98. The Kier molecular flexibility index (Phi) is 5.04. The van der Waals surface area contributed by atoms with E-state index in [-0.39, 0.29) is 0 Å². The lowest BCUT2D eigenvalue weighted by Crippen LogP contribution is -2.39. The molecule has 2 rings (SSSR count). The molecule has 5 heteroatoms. The topological polar surface area (TPSA) is 49.4 Å². The van der Waals surface area contributed by atoms with Crippen molar-refractivity contribution < 1.29 is 8.42 Å². The molecule has 0 aromatic heterocycles. The summed E-state index contributed by atoms with van der Waals surface area (Å²) in [5, 5.41) is 3.31. The second-order valence-electron chi connectivity index (χ2n) is 5.68. The molecule has 1 N–H and O–H groups in total.